The maximum absolute atomic E-state index is 13.1. The number of hydrogen-bond donors (Lipinski definition) is 2. The van der Waals surface area contributed by atoms with Crippen molar-refractivity contribution in [3.8, 4) is 0 Å². The van der Waals surface area contributed by atoms with Gasteiger partial charge in [-0.3, -0.25) is 0 Å². The third-order valence-electron chi connectivity index (χ3n) is 2.19. The summed E-state index contributed by atoms with van der Waals surface area (Å²) in [5.41, 5.74) is 5.35. The molecule has 1 aromatic carbocycles. The van der Waals surface area contributed by atoms with E-state index in [4.69, 9.17) is 17.3 Å². The number of alkyl halides is 3. The number of nitrogens with zero attached hydrogens (tertiary/aromatic N) is 2. The van der Waals surface area contributed by atoms with Crippen LogP contribution in [0.1, 0.15) is 5.82 Å². The second-order valence-electron chi connectivity index (χ2n) is 3.75. The van der Waals surface area contributed by atoms with Gasteiger partial charge in [0, 0.05) is 6.07 Å². The molecule has 0 atom stereocenters. The average Bonchev–Trinajstić information content (AvgIpc) is 2.32. The van der Waals surface area contributed by atoms with Gasteiger partial charge >= 0.3 is 6.18 Å². The number of nitrogens with one attached hydrogen (secondary N) is 1. The molecule has 0 fully saturated rings. The summed E-state index contributed by atoms with van der Waals surface area (Å²) < 4.78 is 50.7. The van der Waals surface area contributed by atoms with E-state index in [0.717, 1.165) is 18.2 Å². The van der Waals surface area contributed by atoms with Crippen molar-refractivity contribution in [3.05, 3.63) is 40.9 Å². The first kappa shape index (κ1) is 14.3. The lowest BCUT2D eigenvalue weighted by Gasteiger charge is -2.11. The Hall–Kier alpha value is -2.09. The first-order valence-corrected chi connectivity index (χ1v) is 5.57. The molecular weight excluding hydrogens is 300 g/mol. The number of nitrogen functional groups attached to an aromatic ring is 1. The smallest absolute Gasteiger partial charge is 0.384 e. The number of aromatic nitrogens is 2. The van der Waals surface area contributed by atoms with Crippen LogP contribution in [0.5, 0.6) is 0 Å². The van der Waals surface area contributed by atoms with Gasteiger partial charge in [0.25, 0.3) is 0 Å². The number of anilines is 3. The summed E-state index contributed by atoms with van der Waals surface area (Å²) in [5, 5.41) is 2.59. The number of rotatable bonds is 2. The lowest BCUT2D eigenvalue weighted by atomic mass is 10.3. The van der Waals surface area contributed by atoms with Crippen molar-refractivity contribution in [1.29, 1.82) is 0 Å². The van der Waals surface area contributed by atoms with Crippen LogP contribution in [0.2, 0.25) is 5.02 Å². The summed E-state index contributed by atoms with van der Waals surface area (Å²) in [6, 6.07) is 4.47. The molecule has 0 aliphatic rings. The molecule has 3 N–H and O–H groups in total. The molecule has 0 radical (unpaired) electrons. The zero-order valence-electron chi connectivity index (χ0n) is 9.67. The summed E-state index contributed by atoms with van der Waals surface area (Å²) >= 11 is 5.79. The van der Waals surface area contributed by atoms with Gasteiger partial charge in [-0.1, -0.05) is 11.6 Å². The van der Waals surface area contributed by atoms with Gasteiger partial charge in [0.05, 0.1) is 10.7 Å². The van der Waals surface area contributed by atoms with Crippen LogP contribution in [0.25, 0.3) is 0 Å². The highest BCUT2D eigenvalue weighted by molar-refractivity contribution is 6.33. The lowest BCUT2D eigenvalue weighted by Crippen LogP contribution is -2.13. The van der Waals surface area contributed by atoms with E-state index in [2.05, 4.69) is 15.3 Å². The third-order valence-corrected chi connectivity index (χ3v) is 2.52. The molecule has 1 heterocycles. The summed E-state index contributed by atoms with van der Waals surface area (Å²) in [6.07, 6.45) is -4.74. The Morgan fingerprint density at radius 1 is 1.15 bits per heavy atom. The van der Waals surface area contributed by atoms with Crippen LogP contribution in [0.15, 0.2) is 24.3 Å². The fourth-order valence-corrected chi connectivity index (χ4v) is 1.55. The first-order valence-electron chi connectivity index (χ1n) is 5.19. The van der Waals surface area contributed by atoms with E-state index >= 15 is 0 Å². The van der Waals surface area contributed by atoms with E-state index in [1.807, 2.05) is 0 Å². The van der Waals surface area contributed by atoms with Crippen LogP contribution in [0.4, 0.5) is 34.9 Å². The van der Waals surface area contributed by atoms with E-state index < -0.39 is 17.8 Å². The van der Waals surface area contributed by atoms with Crippen molar-refractivity contribution in [1.82, 2.24) is 9.97 Å². The Morgan fingerprint density at radius 3 is 2.50 bits per heavy atom. The Kier molecular flexibility index (Phi) is 3.67. The predicted octanol–water partition coefficient (Wildman–Crippen LogP) is 3.61. The summed E-state index contributed by atoms with van der Waals surface area (Å²) in [5.74, 6) is -2.61. The van der Waals surface area contributed by atoms with Crippen LogP contribution in [0.3, 0.4) is 0 Å². The van der Waals surface area contributed by atoms with Gasteiger partial charge in [0.1, 0.15) is 17.5 Å². The highest BCUT2D eigenvalue weighted by Gasteiger charge is 2.35. The van der Waals surface area contributed by atoms with E-state index in [1.54, 1.807) is 0 Å². The zero-order valence-corrected chi connectivity index (χ0v) is 10.4. The molecule has 0 saturated carbocycles. The van der Waals surface area contributed by atoms with Crippen molar-refractivity contribution < 1.29 is 17.6 Å². The lowest BCUT2D eigenvalue weighted by molar-refractivity contribution is -0.144. The van der Waals surface area contributed by atoms with E-state index in [0.29, 0.717) is 0 Å². The van der Waals surface area contributed by atoms with Gasteiger partial charge < -0.3 is 11.1 Å². The van der Waals surface area contributed by atoms with Gasteiger partial charge in [-0.2, -0.15) is 13.2 Å². The Labute approximate surface area is 115 Å². The van der Waals surface area contributed by atoms with Gasteiger partial charge in [-0.15, -0.1) is 0 Å². The normalized spacial score (nSPS) is 11.4. The highest BCUT2D eigenvalue weighted by atomic mass is 35.5. The quantitative estimate of drug-likeness (QED) is 0.832. The van der Waals surface area contributed by atoms with Gasteiger partial charge in [0.15, 0.2) is 0 Å². The molecule has 9 heteroatoms. The molecule has 0 aliphatic heterocycles. The van der Waals surface area contributed by atoms with Gasteiger partial charge in [-0.05, 0) is 18.2 Å². The number of benzene rings is 1. The maximum atomic E-state index is 13.1. The first-order chi connectivity index (χ1) is 9.25. The van der Waals surface area contributed by atoms with Gasteiger partial charge in [0.2, 0.25) is 5.82 Å². The highest BCUT2D eigenvalue weighted by Crippen LogP contribution is 2.30. The average molecular weight is 307 g/mol. The van der Waals surface area contributed by atoms with E-state index in [-0.39, 0.29) is 22.3 Å². The van der Waals surface area contributed by atoms with Crippen molar-refractivity contribution in [3.63, 3.8) is 0 Å². The number of halogens is 5. The Balaban J connectivity index is 2.39. The molecular formula is C11H7ClF4N4. The number of nitrogens with two attached hydrogens (primary N) is 1. The molecule has 0 unspecified atom stereocenters. The van der Waals surface area contributed by atoms with Crippen LogP contribution >= 0.6 is 11.6 Å². The Bertz CT molecular complexity index is 645. The minimum atomic E-state index is -4.74. The van der Waals surface area contributed by atoms with Crippen molar-refractivity contribution >= 4 is 28.9 Å². The summed E-state index contributed by atoms with van der Waals surface area (Å²) in [6.45, 7) is 0. The standard InChI is InChI=1S/C11H7ClF4N4/c12-6-2-1-5(13)3-7(6)18-9-4-8(17)19-10(20-9)11(14,15)16/h1-4H,(H3,17,18,19,20). The molecule has 106 valence electrons. The topological polar surface area (TPSA) is 63.8 Å². The van der Waals surface area contributed by atoms with Crippen molar-refractivity contribution in [2.75, 3.05) is 11.1 Å². The van der Waals surface area contributed by atoms with Crippen LogP contribution in [0, 0.1) is 5.82 Å². The SMILES string of the molecule is Nc1cc(Nc2cc(F)ccc2Cl)nc(C(F)(F)F)n1. The monoisotopic (exact) mass is 306 g/mol. The van der Waals surface area contributed by atoms with E-state index in [9.17, 15) is 17.6 Å². The van der Waals surface area contributed by atoms with Crippen LogP contribution < -0.4 is 11.1 Å². The predicted molar refractivity (Wildman–Crippen MR) is 66.1 cm³/mol. The molecule has 2 rings (SSSR count). The number of hydrogen-bond acceptors (Lipinski definition) is 4. The second-order valence-corrected chi connectivity index (χ2v) is 4.16. The summed E-state index contributed by atoms with van der Waals surface area (Å²) in [4.78, 5) is 6.34. The zero-order chi connectivity index (χ0) is 14.9. The van der Waals surface area contributed by atoms with Crippen molar-refractivity contribution in [2.24, 2.45) is 0 Å². The molecule has 0 amide bonds. The molecule has 0 saturated heterocycles. The molecule has 2 aromatic rings. The molecule has 0 aliphatic carbocycles. The fraction of sp³-hybridized carbons (Fsp3) is 0.0909. The van der Waals surface area contributed by atoms with Crippen LogP contribution in [-0.2, 0) is 6.18 Å². The third kappa shape index (κ3) is 3.27. The van der Waals surface area contributed by atoms with Crippen LogP contribution in [-0.4, -0.2) is 9.97 Å². The fourth-order valence-electron chi connectivity index (χ4n) is 1.39. The maximum Gasteiger partial charge on any atom is 0.451 e. The van der Waals surface area contributed by atoms with Gasteiger partial charge in [-0.25, -0.2) is 14.4 Å². The molecule has 1 aromatic heterocycles. The minimum absolute atomic E-state index is 0.0675. The second kappa shape index (κ2) is 5.12. The largest absolute Gasteiger partial charge is 0.451 e. The van der Waals surface area contributed by atoms with E-state index in [1.165, 1.54) is 6.07 Å². The Morgan fingerprint density at radius 2 is 1.85 bits per heavy atom. The molecule has 20 heavy (non-hydrogen) atoms. The summed E-state index contributed by atoms with van der Waals surface area (Å²) in [7, 11) is 0. The molecule has 4 nitrogen and oxygen atoms in total. The molecule has 0 spiro atoms. The molecule has 0 bridgehead atoms. The van der Waals surface area contributed by atoms with Crippen molar-refractivity contribution in [2.45, 2.75) is 6.18 Å². The minimum Gasteiger partial charge on any atom is -0.384 e.